The van der Waals surface area contributed by atoms with Crippen LogP contribution in [-0.2, 0) is 10.0 Å². The van der Waals surface area contributed by atoms with Gasteiger partial charge in [-0.15, -0.1) is 0 Å². The van der Waals surface area contributed by atoms with E-state index in [-0.39, 0.29) is 16.9 Å². The Bertz CT molecular complexity index is 1470. The van der Waals surface area contributed by atoms with Gasteiger partial charge in [-0.25, -0.2) is 13.2 Å². The summed E-state index contributed by atoms with van der Waals surface area (Å²) in [7, 11) is -0.145. The summed E-state index contributed by atoms with van der Waals surface area (Å²) in [6.45, 7) is 0. The van der Waals surface area contributed by atoms with E-state index in [1.54, 1.807) is 12.1 Å². The molecule has 0 aliphatic heterocycles. The predicted octanol–water partition coefficient (Wildman–Crippen LogP) is 3.57. The number of hydrazone groups is 1. The van der Waals surface area contributed by atoms with Gasteiger partial charge in [0.2, 0.25) is 0 Å². The smallest absolute Gasteiger partial charge is 0.337 e. The Balaban J connectivity index is 2.01. The summed E-state index contributed by atoms with van der Waals surface area (Å²) in [6, 6.07) is 11.6. The van der Waals surface area contributed by atoms with Crippen LogP contribution in [0.5, 0.6) is 17.2 Å². The highest BCUT2D eigenvalue weighted by Crippen LogP contribution is 2.34. The number of anilines is 2. The van der Waals surface area contributed by atoms with Crippen molar-refractivity contribution in [2.45, 2.75) is 4.90 Å². The number of nitro groups is 1. The number of hydrogen-bond donors (Lipinski definition) is 3. The minimum Gasteiger partial charge on any atom is -0.496 e. The van der Waals surface area contributed by atoms with Gasteiger partial charge in [0.05, 0.1) is 49.4 Å². The molecule has 0 aliphatic rings. The van der Waals surface area contributed by atoms with Gasteiger partial charge in [0.1, 0.15) is 10.6 Å². The second-order valence-electron chi connectivity index (χ2n) is 7.21. The van der Waals surface area contributed by atoms with E-state index in [9.17, 15) is 28.4 Å². The molecule has 0 atom stereocenters. The van der Waals surface area contributed by atoms with Crippen LogP contribution in [0.3, 0.4) is 0 Å². The zero-order chi connectivity index (χ0) is 27.2. The highest BCUT2D eigenvalue weighted by molar-refractivity contribution is 7.93. The van der Waals surface area contributed by atoms with E-state index in [0.717, 1.165) is 12.1 Å². The third kappa shape index (κ3) is 6.05. The maximum atomic E-state index is 13.2. The highest BCUT2D eigenvalue weighted by atomic mass is 32.2. The van der Waals surface area contributed by atoms with Crippen LogP contribution in [0, 0.1) is 10.1 Å². The molecule has 0 fully saturated rings. The van der Waals surface area contributed by atoms with Crippen molar-refractivity contribution >= 4 is 39.3 Å². The van der Waals surface area contributed by atoms with E-state index in [1.807, 2.05) is 0 Å². The second kappa shape index (κ2) is 11.3. The van der Waals surface area contributed by atoms with Crippen LogP contribution in [0.25, 0.3) is 0 Å². The standard InChI is InChI=1S/C23H22N4O9S/c1-34-19-12-21(36-3)20(35-2)10-14(19)13-24-25-18-9-8-15(27(30)31)11-22(18)37(32,33)26-17-7-5-4-6-16(17)23(28)29/h4-13,25-26H,1-3H3,(H,28,29). The van der Waals surface area contributed by atoms with Gasteiger partial charge in [-0.05, 0) is 24.3 Å². The Kier molecular flexibility index (Phi) is 8.14. The van der Waals surface area contributed by atoms with Crippen molar-refractivity contribution in [2.75, 3.05) is 31.5 Å². The number of nitrogens with one attached hydrogen (secondary N) is 2. The number of carbonyl (C=O) groups is 1. The van der Waals surface area contributed by atoms with Crippen molar-refractivity contribution in [1.82, 2.24) is 0 Å². The van der Waals surface area contributed by atoms with E-state index < -0.39 is 31.5 Å². The number of nitrogens with zero attached hydrogens (tertiary/aromatic N) is 2. The van der Waals surface area contributed by atoms with Crippen molar-refractivity contribution in [3.63, 3.8) is 0 Å². The van der Waals surface area contributed by atoms with Crippen molar-refractivity contribution in [1.29, 1.82) is 0 Å². The lowest BCUT2D eigenvalue weighted by Gasteiger charge is -2.14. The Morgan fingerprint density at radius 3 is 2.24 bits per heavy atom. The summed E-state index contributed by atoms with van der Waals surface area (Å²) in [5.74, 6) is -0.165. The molecule has 3 aromatic carbocycles. The topological polar surface area (TPSA) is 179 Å². The van der Waals surface area contributed by atoms with Gasteiger partial charge in [0, 0.05) is 23.8 Å². The molecule has 0 unspecified atom stereocenters. The molecule has 194 valence electrons. The van der Waals surface area contributed by atoms with Gasteiger partial charge in [0.15, 0.2) is 11.5 Å². The van der Waals surface area contributed by atoms with Crippen LogP contribution in [0.1, 0.15) is 15.9 Å². The number of carboxylic acid groups (broad SMARTS) is 1. The monoisotopic (exact) mass is 530 g/mol. The number of benzene rings is 3. The normalized spacial score (nSPS) is 11.1. The van der Waals surface area contributed by atoms with Crippen molar-refractivity contribution < 1.29 is 37.5 Å². The van der Waals surface area contributed by atoms with Gasteiger partial charge in [-0.1, -0.05) is 12.1 Å². The first kappa shape index (κ1) is 26.7. The predicted molar refractivity (Wildman–Crippen MR) is 135 cm³/mol. The molecule has 0 heterocycles. The van der Waals surface area contributed by atoms with Crippen molar-refractivity contribution in [3.05, 3.63) is 75.8 Å². The third-order valence-electron chi connectivity index (χ3n) is 4.99. The third-order valence-corrected chi connectivity index (χ3v) is 6.40. The lowest BCUT2D eigenvalue weighted by Crippen LogP contribution is -2.17. The quantitative estimate of drug-likeness (QED) is 0.188. The van der Waals surface area contributed by atoms with Crippen LogP contribution in [0.4, 0.5) is 17.1 Å². The molecule has 0 amide bonds. The van der Waals surface area contributed by atoms with E-state index in [4.69, 9.17) is 14.2 Å². The number of sulfonamides is 1. The van der Waals surface area contributed by atoms with Crippen molar-refractivity contribution in [2.24, 2.45) is 5.10 Å². The number of carboxylic acids is 1. The summed E-state index contributed by atoms with van der Waals surface area (Å²) in [5.41, 5.74) is 1.88. The maximum absolute atomic E-state index is 13.2. The van der Waals surface area contributed by atoms with Crippen molar-refractivity contribution in [3.8, 4) is 17.2 Å². The van der Waals surface area contributed by atoms with E-state index >= 15 is 0 Å². The minimum absolute atomic E-state index is 0.110. The van der Waals surface area contributed by atoms with Gasteiger partial charge >= 0.3 is 5.97 Å². The van der Waals surface area contributed by atoms with Crippen LogP contribution in [0.15, 0.2) is 64.6 Å². The second-order valence-corrected chi connectivity index (χ2v) is 8.86. The Hall–Kier alpha value is -4.85. The zero-order valence-electron chi connectivity index (χ0n) is 19.8. The summed E-state index contributed by atoms with van der Waals surface area (Å²) >= 11 is 0. The number of nitro benzene ring substituents is 1. The fourth-order valence-corrected chi connectivity index (χ4v) is 4.48. The molecule has 0 aliphatic carbocycles. The molecule has 3 N–H and O–H groups in total. The molecular weight excluding hydrogens is 508 g/mol. The SMILES string of the molecule is COc1cc(OC)c(OC)cc1C=NNc1ccc([N+](=O)[O-])cc1S(=O)(=O)Nc1ccccc1C(=O)O. The molecule has 0 saturated carbocycles. The molecular formula is C23H22N4O9S. The zero-order valence-corrected chi connectivity index (χ0v) is 20.6. The molecule has 14 heteroatoms. The van der Waals surface area contributed by atoms with Gasteiger partial charge in [-0.3, -0.25) is 20.3 Å². The summed E-state index contributed by atoms with van der Waals surface area (Å²) in [4.78, 5) is 21.5. The number of non-ortho nitro benzene ring substituents is 1. The lowest BCUT2D eigenvalue weighted by atomic mass is 10.2. The summed E-state index contributed by atoms with van der Waals surface area (Å²) in [5, 5.41) is 24.7. The van der Waals surface area contributed by atoms with E-state index in [2.05, 4.69) is 15.2 Å². The van der Waals surface area contributed by atoms with E-state index in [0.29, 0.717) is 22.8 Å². The number of methoxy groups -OCH3 is 3. The van der Waals surface area contributed by atoms with Crippen LogP contribution >= 0.6 is 0 Å². The average molecular weight is 531 g/mol. The molecule has 3 rings (SSSR count). The van der Waals surface area contributed by atoms with Crippen LogP contribution < -0.4 is 24.4 Å². The minimum atomic E-state index is -4.50. The Labute approximate surface area is 211 Å². The molecule has 0 radical (unpaired) electrons. The molecule has 3 aromatic rings. The van der Waals surface area contributed by atoms with Gasteiger partial charge in [0.25, 0.3) is 15.7 Å². The molecule has 37 heavy (non-hydrogen) atoms. The van der Waals surface area contributed by atoms with Crippen LogP contribution in [0.2, 0.25) is 0 Å². The maximum Gasteiger partial charge on any atom is 0.337 e. The largest absolute Gasteiger partial charge is 0.496 e. The first-order chi connectivity index (χ1) is 17.6. The summed E-state index contributed by atoms with van der Waals surface area (Å²) < 4.78 is 44.4. The molecule has 0 bridgehead atoms. The Morgan fingerprint density at radius 2 is 1.62 bits per heavy atom. The highest BCUT2D eigenvalue weighted by Gasteiger charge is 2.24. The fourth-order valence-electron chi connectivity index (χ4n) is 3.22. The number of hydrogen-bond acceptors (Lipinski definition) is 10. The number of ether oxygens (including phenoxy) is 3. The first-order valence-corrected chi connectivity index (χ1v) is 11.8. The van der Waals surface area contributed by atoms with Gasteiger partial charge < -0.3 is 19.3 Å². The summed E-state index contributed by atoms with van der Waals surface area (Å²) in [6.07, 6.45) is 1.33. The van der Waals surface area contributed by atoms with Gasteiger partial charge in [-0.2, -0.15) is 5.10 Å². The van der Waals surface area contributed by atoms with Crippen LogP contribution in [-0.4, -0.2) is 52.0 Å². The molecule has 0 saturated heterocycles. The number of rotatable bonds is 11. The average Bonchev–Trinajstić information content (AvgIpc) is 2.88. The number of aromatic carboxylic acids is 1. The Morgan fingerprint density at radius 1 is 0.973 bits per heavy atom. The lowest BCUT2D eigenvalue weighted by molar-refractivity contribution is -0.385. The first-order valence-electron chi connectivity index (χ1n) is 10.3. The molecule has 0 aromatic heterocycles. The molecule has 13 nitrogen and oxygen atoms in total. The van der Waals surface area contributed by atoms with E-state index in [1.165, 1.54) is 57.9 Å². The fraction of sp³-hybridized carbons (Fsp3) is 0.130. The molecule has 0 spiro atoms. The number of para-hydroxylation sites is 1.